The highest BCUT2D eigenvalue weighted by molar-refractivity contribution is 5.98. The number of aryl methyl sites for hydroxylation is 1. The number of carbonyl (C=O) groups is 1. The van der Waals surface area contributed by atoms with Crippen LogP contribution in [0.2, 0.25) is 0 Å². The number of rotatable bonds is 3. The van der Waals surface area contributed by atoms with Gasteiger partial charge in [0.15, 0.2) is 11.5 Å². The Labute approximate surface area is 114 Å². The van der Waals surface area contributed by atoms with Gasteiger partial charge in [0.05, 0.1) is 0 Å². The molecule has 0 amide bonds. The summed E-state index contributed by atoms with van der Waals surface area (Å²) in [6, 6.07) is 7.83. The molecule has 2 heteroatoms. The summed E-state index contributed by atoms with van der Waals surface area (Å²) in [7, 11) is 0. The molecule has 2 aromatic rings. The molecule has 0 aliphatic rings. The van der Waals surface area contributed by atoms with E-state index in [1.165, 1.54) is 0 Å². The van der Waals surface area contributed by atoms with Crippen molar-refractivity contribution in [2.24, 2.45) is 11.3 Å². The molecule has 2 rings (SSSR count). The Bertz CT molecular complexity index is 599. The smallest absolute Gasteiger partial charge is 0.198 e. The van der Waals surface area contributed by atoms with Gasteiger partial charge in [0, 0.05) is 11.8 Å². The van der Waals surface area contributed by atoms with Crippen molar-refractivity contribution in [2.75, 3.05) is 0 Å². The normalized spacial score (nSPS) is 13.7. The van der Waals surface area contributed by atoms with Gasteiger partial charge in [-0.1, -0.05) is 45.9 Å². The third-order valence-electron chi connectivity index (χ3n) is 3.99. The fourth-order valence-electron chi connectivity index (χ4n) is 2.03. The average molecular weight is 258 g/mol. The number of hydrogen-bond donors (Lipinski definition) is 0. The number of benzene rings is 1. The first-order chi connectivity index (χ1) is 8.79. The Kier molecular flexibility index (Phi) is 3.53. The third kappa shape index (κ3) is 2.89. The Morgan fingerprint density at radius 3 is 2.58 bits per heavy atom. The molecule has 1 aromatic carbocycles. The molecule has 0 aliphatic carbocycles. The van der Waals surface area contributed by atoms with E-state index in [0.717, 1.165) is 16.5 Å². The van der Waals surface area contributed by atoms with Gasteiger partial charge in [0.2, 0.25) is 0 Å². The molecular weight excluding hydrogens is 236 g/mol. The monoisotopic (exact) mass is 258 g/mol. The van der Waals surface area contributed by atoms with E-state index in [1.807, 2.05) is 31.2 Å². The molecule has 0 fully saturated rings. The lowest BCUT2D eigenvalue weighted by atomic mass is 9.79. The maximum atomic E-state index is 12.3. The van der Waals surface area contributed by atoms with Crippen molar-refractivity contribution in [3.8, 4) is 0 Å². The molecule has 19 heavy (non-hydrogen) atoms. The van der Waals surface area contributed by atoms with Crippen molar-refractivity contribution >= 4 is 16.8 Å². The van der Waals surface area contributed by atoms with Crippen LogP contribution in [0.25, 0.3) is 11.0 Å². The average Bonchev–Trinajstić information content (AvgIpc) is 2.73. The quantitative estimate of drug-likeness (QED) is 0.725. The van der Waals surface area contributed by atoms with Crippen LogP contribution in [-0.2, 0) is 0 Å². The van der Waals surface area contributed by atoms with Crippen molar-refractivity contribution in [1.82, 2.24) is 0 Å². The first-order valence-electron chi connectivity index (χ1n) is 6.81. The van der Waals surface area contributed by atoms with Crippen LogP contribution in [-0.4, -0.2) is 5.78 Å². The van der Waals surface area contributed by atoms with E-state index in [1.54, 1.807) is 0 Å². The number of ketones is 1. The van der Waals surface area contributed by atoms with E-state index in [-0.39, 0.29) is 11.2 Å². The van der Waals surface area contributed by atoms with Gasteiger partial charge in [-0.05, 0) is 29.9 Å². The number of furan rings is 1. The molecule has 0 saturated carbocycles. The van der Waals surface area contributed by atoms with Crippen LogP contribution in [0.1, 0.15) is 50.2 Å². The topological polar surface area (TPSA) is 30.2 Å². The van der Waals surface area contributed by atoms with E-state index < -0.39 is 0 Å². The molecule has 0 spiro atoms. The van der Waals surface area contributed by atoms with Gasteiger partial charge in [0.25, 0.3) is 0 Å². The lowest BCUT2D eigenvalue weighted by Crippen LogP contribution is -2.20. The SMILES string of the molecule is Cc1cccc2cc(C(=O)CC(C)C(C)(C)C)oc12. The van der Waals surface area contributed by atoms with Crippen LogP contribution in [0, 0.1) is 18.3 Å². The summed E-state index contributed by atoms with van der Waals surface area (Å²) in [5.41, 5.74) is 2.03. The molecule has 2 nitrogen and oxygen atoms in total. The molecule has 0 aliphatic heterocycles. The maximum absolute atomic E-state index is 12.3. The Balaban J connectivity index is 2.25. The number of para-hydroxylation sites is 1. The lowest BCUT2D eigenvalue weighted by molar-refractivity contribution is 0.0902. The van der Waals surface area contributed by atoms with Crippen LogP contribution < -0.4 is 0 Å². The van der Waals surface area contributed by atoms with Gasteiger partial charge in [-0.2, -0.15) is 0 Å². The number of Topliss-reactive ketones (excluding diaryl/α,β-unsaturated/α-hetero) is 1. The second-order valence-corrected chi connectivity index (χ2v) is 6.50. The van der Waals surface area contributed by atoms with Crippen LogP contribution in [0.3, 0.4) is 0 Å². The van der Waals surface area contributed by atoms with Gasteiger partial charge in [0.1, 0.15) is 5.58 Å². The summed E-state index contributed by atoms with van der Waals surface area (Å²) in [6.45, 7) is 10.6. The number of fused-ring (bicyclic) bond motifs is 1. The molecule has 1 atom stereocenters. The molecule has 1 aromatic heterocycles. The Morgan fingerprint density at radius 2 is 2.00 bits per heavy atom. The molecule has 102 valence electrons. The van der Waals surface area contributed by atoms with Crippen molar-refractivity contribution in [1.29, 1.82) is 0 Å². The van der Waals surface area contributed by atoms with Crippen LogP contribution >= 0.6 is 0 Å². The third-order valence-corrected chi connectivity index (χ3v) is 3.99. The highest BCUT2D eigenvalue weighted by Gasteiger charge is 2.24. The second kappa shape index (κ2) is 4.84. The van der Waals surface area contributed by atoms with E-state index in [0.29, 0.717) is 18.1 Å². The van der Waals surface area contributed by atoms with Crippen LogP contribution in [0.4, 0.5) is 0 Å². The minimum Gasteiger partial charge on any atom is -0.453 e. The van der Waals surface area contributed by atoms with Crippen molar-refractivity contribution < 1.29 is 9.21 Å². The zero-order valence-corrected chi connectivity index (χ0v) is 12.4. The summed E-state index contributed by atoms with van der Waals surface area (Å²) in [5.74, 6) is 0.910. The summed E-state index contributed by atoms with van der Waals surface area (Å²) in [4.78, 5) is 12.3. The molecule has 1 unspecified atom stereocenters. The fraction of sp³-hybridized carbons (Fsp3) is 0.471. The standard InChI is InChI=1S/C17H22O2/c1-11-7-6-8-13-10-15(19-16(11)13)14(18)9-12(2)17(3,4)5/h6-8,10,12H,9H2,1-5H3. The first kappa shape index (κ1) is 13.9. The van der Waals surface area contributed by atoms with Gasteiger partial charge in [-0.25, -0.2) is 0 Å². The van der Waals surface area contributed by atoms with Gasteiger partial charge < -0.3 is 4.42 Å². The molecule has 0 radical (unpaired) electrons. The minimum atomic E-state index is 0.0954. The van der Waals surface area contributed by atoms with E-state index in [2.05, 4.69) is 27.7 Å². The van der Waals surface area contributed by atoms with Crippen molar-refractivity contribution in [3.63, 3.8) is 0 Å². The molecule has 1 heterocycles. The predicted octanol–water partition coefficient (Wildman–Crippen LogP) is 5.00. The summed E-state index contributed by atoms with van der Waals surface area (Å²) < 4.78 is 5.72. The number of hydrogen-bond acceptors (Lipinski definition) is 2. The molecule has 0 bridgehead atoms. The lowest BCUT2D eigenvalue weighted by Gasteiger charge is -2.26. The summed E-state index contributed by atoms with van der Waals surface area (Å²) >= 11 is 0. The van der Waals surface area contributed by atoms with Crippen molar-refractivity contribution in [2.45, 2.75) is 41.0 Å². The molecule has 0 N–H and O–H groups in total. The second-order valence-electron chi connectivity index (χ2n) is 6.50. The first-order valence-corrected chi connectivity index (χ1v) is 6.81. The van der Waals surface area contributed by atoms with Gasteiger partial charge in [-0.15, -0.1) is 0 Å². The largest absolute Gasteiger partial charge is 0.453 e. The minimum absolute atomic E-state index is 0.0954. The molecule has 0 saturated heterocycles. The summed E-state index contributed by atoms with van der Waals surface area (Å²) in [6.07, 6.45) is 0.530. The highest BCUT2D eigenvalue weighted by Crippen LogP contribution is 2.30. The zero-order chi connectivity index (χ0) is 14.2. The van der Waals surface area contributed by atoms with E-state index >= 15 is 0 Å². The van der Waals surface area contributed by atoms with E-state index in [9.17, 15) is 4.79 Å². The Morgan fingerprint density at radius 1 is 1.32 bits per heavy atom. The van der Waals surface area contributed by atoms with Gasteiger partial charge in [-0.3, -0.25) is 4.79 Å². The van der Waals surface area contributed by atoms with Gasteiger partial charge >= 0.3 is 0 Å². The van der Waals surface area contributed by atoms with E-state index in [4.69, 9.17) is 4.42 Å². The predicted molar refractivity (Wildman–Crippen MR) is 78.5 cm³/mol. The van der Waals surface area contributed by atoms with Crippen molar-refractivity contribution in [3.05, 3.63) is 35.6 Å². The Hall–Kier alpha value is -1.57. The molecular formula is C17H22O2. The van der Waals surface area contributed by atoms with Crippen LogP contribution in [0.15, 0.2) is 28.7 Å². The maximum Gasteiger partial charge on any atom is 0.198 e. The number of carbonyl (C=O) groups excluding carboxylic acids is 1. The summed E-state index contributed by atoms with van der Waals surface area (Å²) in [5, 5.41) is 1.01. The zero-order valence-electron chi connectivity index (χ0n) is 12.4. The fourth-order valence-corrected chi connectivity index (χ4v) is 2.03. The highest BCUT2D eigenvalue weighted by atomic mass is 16.3. The van der Waals surface area contributed by atoms with Crippen LogP contribution in [0.5, 0.6) is 0 Å².